The number of amides is 2. The first-order chi connectivity index (χ1) is 13.3. The van der Waals surface area contributed by atoms with Crippen LogP contribution in [0, 0.1) is 0 Å². The number of rotatable bonds is 7. The molecule has 2 amide bonds. The van der Waals surface area contributed by atoms with E-state index in [0.717, 1.165) is 65.0 Å². The summed E-state index contributed by atoms with van der Waals surface area (Å²) in [6.07, 6.45) is 5.17. The summed E-state index contributed by atoms with van der Waals surface area (Å²) < 4.78 is 5.44. The van der Waals surface area contributed by atoms with Gasteiger partial charge in [0.15, 0.2) is 0 Å². The lowest BCUT2D eigenvalue weighted by molar-refractivity contribution is -0.127. The van der Waals surface area contributed by atoms with Crippen molar-refractivity contribution in [2.75, 3.05) is 52.4 Å². The normalized spacial score (nSPS) is 22.1. The maximum Gasteiger partial charge on any atom is 0.410 e. The quantitative estimate of drug-likeness (QED) is 0.669. The van der Waals surface area contributed by atoms with Crippen LogP contribution in [0.25, 0.3) is 0 Å². The van der Waals surface area contributed by atoms with Gasteiger partial charge in [0.2, 0.25) is 5.91 Å². The van der Waals surface area contributed by atoms with E-state index in [0.29, 0.717) is 13.1 Å². The van der Waals surface area contributed by atoms with Crippen molar-refractivity contribution in [3.63, 3.8) is 0 Å². The Morgan fingerprint density at radius 3 is 2.39 bits per heavy atom. The molecule has 2 saturated heterocycles. The smallest absolute Gasteiger partial charge is 0.410 e. The van der Waals surface area contributed by atoms with Crippen LogP contribution in [0.4, 0.5) is 4.79 Å². The molecule has 0 aromatic carbocycles. The molecule has 0 aromatic heterocycles. The Bertz CT molecular complexity index is 496. The van der Waals surface area contributed by atoms with Crippen molar-refractivity contribution in [3.8, 4) is 0 Å². The summed E-state index contributed by atoms with van der Waals surface area (Å²) in [5, 5.41) is 3.14. The van der Waals surface area contributed by atoms with Crippen molar-refractivity contribution in [3.05, 3.63) is 0 Å². The van der Waals surface area contributed by atoms with Gasteiger partial charge in [-0.2, -0.15) is 0 Å². The van der Waals surface area contributed by atoms with Gasteiger partial charge in [-0.05, 0) is 66.1 Å². The summed E-state index contributed by atoms with van der Waals surface area (Å²) in [6.45, 7) is 14.7. The summed E-state index contributed by atoms with van der Waals surface area (Å²) in [5.74, 6) is 0.197. The van der Waals surface area contributed by atoms with Gasteiger partial charge in [0.25, 0.3) is 0 Å². The third-order valence-electron chi connectivity index (χ3n) is 5.40. The first kappa shape index (κ1) is 22.9. The van der Waals surface area contributed by atoms with Crippen molar-refractivity contribution in [1.29, 1.82) is 0 Å². The molecule has 7 nitrogen and oxygen atoms in total. The zero-order valence-corrected chi connectivity index (χ0v) is 18.3. The van der Waals surface area contributed by atoms with Crippen LogP contribution >= 0.6 is 0 Å². The van der Waals surface area contributed by atoms with E-state index in [9.17, 15) is 9.59 Å². The molecule has 0 saturated carbocycles. The number of hydrogen-bond acceptors (Lipinski definition) is 5. The van der Waals surface area contributed by atoms with Gasteiger partial charge < -0.3 is 15.0 Å². The Morgan fingerprint density at radius 1 is 1.04 bits per heavy atom. The van der Waals surface area contributed by atoms with Crippen LogP contribution in [-0.2, 0) is 9.53 Å². The van der Waals surface area contributed by atoms with E-state index in [2.05, 4.69) is 22.0 Å². The monoisotopic (exact) mass is 396 g/mol. The number of ether oxygens (including phenoxy) is 1. The Labute approximate surface area is 170 Å². The van der Waals surface area contributed by atoms with Crippen LogP contribution in [0.2, 0.25) is 0 Å². The Balaban J connectivity index is 1.61. The lowest BCUT2D eigenvalue weighted by Crippen LogP contribution is -2.51. The number of carbonyl (C=O) groups excluding carboxylic acids is 2. The second-order valence-electron chi connectivity index (χ2n) is 9.00. The first-order valence-electron chi connectivity index (χ1n) is 11.0. The molecule has 2 aliphatic heterocycles. The van der Waals surface area contributed by atoms with Crippen molar-refractivity contribution in [2.24, 2.45) is 0 Å². The topological polar surface area (TPSA) is 65.1 Å². The summed E-state index contributed by atoms with van der Waals surface area (Å²) in [5.41, 5.74) is -0.447. The minimum absolute atomic E-state index is 0.0612. The molecule has 2 heterocycles. The second-order valence-corrected chi connectivity index (χ2v) is 9.00. The average molecular weight is 397 g/mol. The Kier molecular flexibility index (Phi) is 9.02. The largest absolute Gasteiger partial charge is 0.444 e. The highest BCUT2D eigenvalue weighted by molar-refractivity contribution is 5.81. The third-order valence-corrected chi connectivity index (χ3v) is 5.40. The lowest BCUT2D eigenvalue weighted by atomic mass is 10.0. The number of piperazine rings is 1. The molecule has 2 rings (SSSR count). The highest BCUT2D eigenvalue weighted by Crippen LogP contribution is 2.17. The van der Waals surface area contributed by atoms with Gasteiger partial charge in [-0.1, -0.05) is 13.3 Å². The van der Waals surface area contributed by atoms with Crippen molar-refractivity contribution in [2.45, 2.75) is 71.4 Å². The fourth-order valence-electron chi connectivity index (χ4n) is 3.96. The summed E-state index contributed by atoms with van der Waals surface area (Å²) in [6, 6.07) is 0.0612. The van der Waals surface area contributed by atoms with Crippen LogP contribution < -0.4 is 5.32 Å². The van der Waals surface area contributed by atoms with E-state index in [1.54, 1.807) is 4.90 Å². The zero-order chi connectivity index (χ0) is 20.6. The fourth-order valence-corrected chi connectivity index (χ4v) is 3.96. The lowest BCUT2D eigenvalue weighted by Gasteiger charge is -2.36. The molecule has 2 fully saturated rings. The van der Waals surface area contributed by atoms with Gasteiger partial charge in [0, 0.05) is 32.7 Å². The molecule has 0 radical (unpaired) electrons. The third kappa shape index (κ3) is 7.59. The van der Waals surface area contributed by atoms with Crippen LogP contribution in [0.15, 0.2) is 0 Å². The van der Waals surface area contributed by atoms with Crippen molar-refractivity contribution < 1.29 is 14.3 Å². The number of carbonyl (C=O) groups is 2. The van der Waals surface area contributed by atoms with Crippen LogP contribution in [-0.4, -0.2) is 90.7 Å². The molecule has 1 N–H and O–H groups in total. The molecule has 1 unspecified atom stereocenters. The molecular weight excluding hydrogens is 356 g/mol. The van der Waals surface area contributed by atoms with E-state index in [-0.39, 0.29) is 18.0 Å². The number of nitrogens with one attached hydrogen (secondary N) is 1. The molecule has 0 aliphatic carbocycles. The van der Waals surface area contributed by atoms with Gasteiger partial charge in [-0.25, -0.2) is 4.79 Å². The van der Waals surface area contributed by atoms with E-state index in [1.165, 1.54) is 6.42 Å². The van der Waals surface area contributed by atoms with E-state index in [1.807, 2.05) is 20.8 Å². The van der Waals surface area contributed by atoms with Crippen LogP contribution in [0.3, 0.4) is 0 Å². The number of likely N-dealkylation sites (tertiary alicyclic amines) is 1. The van der Waals surface area contributed by atoms with Crippen molar-refractivity contribution in [1.82, 2.24) is 20.0 Å². The molecule has 0 aromatic rings. The van der Waals surface area contributed by atoms with E-state index < -0.39 is 5.60 Å². The van der Waals surface area contributed by atoms with E-state index >= 15 is 0 Å². The second kappa shape index (κ2) is 11.0. The maximum absolute atomic E-state index is 12.5. The van der Waals surface area contributed by atoms with Gasteiger partial charge in [-0.15, -0.1) is 0 Å². The van der Waals surface area contributed by atoms with Gasteiger partial charge >= 0.3 is 6.09 Å². The summed E-state index contributed by atoms with van der Waals surface area (Å²) in [4.78, 5) is 31.1. The van der Waals surface area contributed by atoms with Gasteiger partial charge in [0.1, 0.15) is 5.60 Å². The van der Waals surface area contributed by atoms with Crippen LogP contribution in [0.1, 0.15) is 59.8 Å². The van der Waals surface area contributed by atoms with Gasteiger partial charge in [0.05, 0.1) is 6.04 Å². The summed E-state index contributed by atoms with van der Waals surface area (Å²) in [7, 11) is 0. The summed E-state index contributed by atoms with van der Waals surface area (Å²) >= 11 is 0. The molecule has 2 aliphatic rings. The minimum atomic E-state index is -0.447. The highest BCUT2D eigenvalue weighted by Gasteiger charge is 2.28. The van der Waals surface area contributed by atoms with E-state index in [4.69, 9.17) is 4.74 Å². The number of hydrogen-bond donors (Lipinski definition) is 1. The molecule has 162 valence electrons. The molecule has 0 bridgehead atoms. The molecule has 7 heteroatoms. The molecule has 1 atom stereocenters. The molecule has 28 heavy (non-hydrogen) atoms. The van der Waals surface area contributed by atoms with Crippen LogP contribution in [0.5, 0.6) is 0 Å². The first-order valence-corrected chi connectivity index (χ1v) is 11.0. The average Bonchev–Trinajstić information content (AvgIpc) is 2.65. The Morgan fingerprint density at radius 2 is 1.75 bits per heavy atom. The standard InChI is InChI=1S/C21H40N4O3/c1-5-11-24-13-7-6-9-18(24)19(26)22-10-8-12-23-14-16-25(17-15-23)20(27)28-21(2,3)4/h18H,5-17H2,1-4H3,(H,22,26). The number of nitrogens with zero attached hydrogens (tertiary/aromatic N) is 3. The number of piperidine rings is 1. The maximum atomic E-state index is 12.5. The zero-order valence-electron chi connectivity index (χ0n) is 18.3. The predicted molar refractivity (Wildman–Crippen MR) is 111 cm³/mol. The Hall–Kier alpha value is -1.34. The molecule has 0 spiro atoms. The SMILES string of the molecule is CCCN1CCCCC1C(=O)NCCCN1CCN(C(=O)OC(C)(C)C)CC1. The van der Waals surface area contributed by atoms with Crippen molar-refractivity contribution >= 4 is 12.0 Å². The predicted octanol–water partition coefficient (Wildman–Crippen LogP) is 2.31. The fraction of sp³-hybridized carbons (Fsp3) is 0.905. The minimum Gasteiger partial charge on any atom is -0.444 e. The highest BCUT2D eigenvalue weighted by atomic mass is 16.6. The molecular formula is C21H40N4O3. The van der Waals surface area contributed by atoms with Gasteiger partial charge in [-0.3, -0.25) is 14.6 Å².